The summed E-state index contributed by atoms with van der Waals surface area (Å²) in [7, 11) is 0. The number of aromatic amines is 1. The van der Waals surface area contributed by atoms with Crippen LogP contribution >= 0.6 is 0 Å². The Morgan fingerprint density at radius 1 is 1.36 bits per heavy atom. The van der Waals surface area contributed by atoms with Crippen LogP contribution in [0.1, 0.15) is 24.8 Å². The summed E-state index contributed by atoms with van der Waals surface area (Å²) in [5.41, 5.74) is 0.227. The maximum Gasteiger partial charge on any atom is 0.426 e. The average Bonchev–Trinajstić information content (AvgIpc) is 3.01. The van der Waals surface area contributed by atoms with E-state index in [1.54, 1.807) is 11.0 Å². The Morgan fingerprint density at radius 2 is 2.20 bits per heavy atom. The van der Waals surface area contributed by atoms with Crippen molar-refractivity contribution in [2.75, 3.05) is 13.1 Å². The summed E-state index contributed by atoms with van der Waals surface area (Å²) in [5.74, 6) is -1.43. The number of nitrogens with zero attached hydrogens (tertiary/aromatic N) is 2. The lowest BCUT2D eigenvalue weighted by Crippen LogP contribution is -2.48. The number of carbonyl (C=O) groups excluding carboxylic acids is 1. The van der Waals surface area contributed by atoms with Gasteiger partial charge in [0, 0.05) is 13.1 Å². The number of aromatic nitrogens is 2. The van der Waals surface area contributed by atoms with Crippen LogP contribution in [0.25, 0.3) is 0 Å². The molecule has 1 aliphatic rings. The number of amides is 1. The lowest BCUT2D eigenvalue weighted by Gasteiger charge is -2.32. The first-order chi connectivity index (χ1) is 12.0. The van der Waals surface area contributed by atoms with E-state index in [0.29, 0.717) is 25.4 Å². The Morgan fingerprint density at radius 3 is 2.92 bits per heavy atom. The van der Waals surface area contributed by atoms with Gasteiger partial charge in [-0.25, -0.2) is 13.6 Å². The van der Waals surface area contributed by atoms with Crippen LogP contribution < -0.4 is 10.3 Å². The third-order valence-corrected chi connectivity index (χ3v) is 4.53. The number of likely N-dealkylation sites (tertiary alicyclic amines) is 1. The highest BCUT2D eigenvalue weighted by Crippen LogP contribution is 2.22. The van der Waals surface area contributed by atoms with Crippen molar-refractivity contribution in [1.82, 2.24) is 10.2 Å². The van der Waals surface area contributed by atoms with Crippen LogP contribution in [0, 0.1) is 17.6 Å². The molecule has 0 bridgehead atoms. The Labute approximate surface area is 143 Å². The number of H-pyrrole nitrogens is 1. The number of hydrogen-bond acceptors (Lipinski definition) is 3. The molecule has 2 aromatic rings. The molecule has 0 saturated carbocycles. The molecule has 1 N–H and O–H groups in total. The predicted molar refractivity (Wildman–Crippen MR) is 83.5 cm³/mol. The third-order valence-electron chi connectivity index (χ3n) is 4.53. The lowest BCUT2D eigenvalue weighted by molar-refractivity contribution is -0.751. The van der Waals surface area contributed by atoms with Crippen molar-refractivity contribution in [1.29, 1.82) is 0 Å². The molecule has 8 heteroatoms. The molecule has 1 atom stereocenters. The molecule has 0 unspecified atom stereocenters. The molecule has 1 fully saturated rings. The second kappa shape index (κ2) is 7.58. The number of nitrogens with one attached hydrogen (secondary N) is 1. The summed E-state index contributed by atoms with van der Waals surface area (Å²) in [6.45, 7) is 1.34. The minimum Gasteiger partial charge on any atom is -0.337 e. The van der Waals surface area contributed by atoms with Crippen LogP contribution in [-0.4, -0.2) is 29.2 Å². The molecule has 1 aliphatic heterocycles. The molecule has 2 heterocycles. The van der Waals surface area contributed by atoms with E-state index in [0.717, 1.165) is 30.9 Å². The van der Waals surface area contributed by atoms with E-state index in [-0.39, 0.29) is 12.5 Å². The molecular weight excluding hydrogens is 332 g/mol. The van der Waals surface area contributed by atoms with E-state index in [2.05, 4.69) is 9.79 Å². The van der Waals surface area contributed by atoms with Gasteiger partial charge in [0.2, 0.25) is 0 Å². The van der Waals surface area contributed by atoms with Gasteiger partial charge in [-0.3, -0.25) is 9.32 Å². The highest BCUT2D eigenvalue weighted by Gasteiger charge is 2.26. The summed E-state index contributed by atoms with van der Waals surface area (Å²) in [5, 5.41) is 2.36. The van der Waals surface area contributed by atoms with Crippen LogP contribution in [0.2, 0.25) is 0 Å². The minimum atomic E-state index is -0.840. The van der Waals surface area contributed by atoms with Crippen molar-refractivity contribution in [3.8, 4) is 0 Å². The molecule has 1 aromatic carbocycles. The molecule has 1 amide bonds. The van der Waals surface area contributed by atoms with Crippen LogP contribution in [0.3, 0.4) is 0 Å². The Bertz CT molecular complexity index is 802. The van der Waals surface area contributed by atoms with Gasteiger partial charge < -0.3 is 4.90 Å². The largest absolute Gasteiger partial charge is 0.426 e. The number of piperidine rings is 1. The number of rotatable bonds is 5. The van der Waals surface area contributed by atoms with E-state index >= 15 is 0 Å². The average molecular weight is 352 g/mol. The van der Waals surface area contributed by atoms with Crippen LogP contribution in [0.4, 0.5) is 8.78 Å². The van der Waals surface area contributed by atoms with E-state index in [1.807, 2.05) is 0 Å². The topological polar surface area (TPSA) is 70.2 Å². The van der Waals surface area contributed by atoms with Crippen molar-refractivity contribution in [3.05, 3.63) is 52.0 Å². The Hall–Kier alpha value is -2.51. The molecule has 0 spiro atoms. The summed E-state index contributed by atoms with van der Waals surface area (Å²) in [6.07, 6.45) is 4.56. The summed E-state index contributed by atoms with van der Waals surface area (Å²) >= 11 is 0. The van der Waals surface area contributed by atoms with E-state index in [1.165, 1.54) is 16.9 Å². The zero-order chi connectivity index (χ0) is 17.8. The monoisotopic (exact) mass is 352 g/mol. The molecule has 6 nitrogen and oxygen atoms in total. The van der Waals surface area contributed by atoms with E-state index in [4.69, 9.17) is 0 Å². The maximum absolute atomic E-state index is 13.3. The van der Waals surface area contributed by atoms with Gasteiger partial charge in [0.25, 0.3) is 18.6 Å². The first kappa shape index (κ1) is 17.3. The van der Waals surface area contributed by atoms with Crippen molar-refractivity contribution in [2.24, 2.45) is 5.92 Å². The molecule has 3 rings (SSSR count). The molecule has 0 radical (unpaired) electrons. The zero-order valence-electron chi connectivity index (χ0n) is 13.7. The lowest BCUT2D eigenvalue weighted by atomic mass is 9.91. The smallest absolute Gasteiger partial charge is 0.337 e. The quantitative estimate of drug-likeness (QED) is 0.827. The number of hydrogen-bond donors (Lipinski definition) is 1. The first-order valence-electron chi connectivity index (χ1n) is 8.31. The first-order valence-corrected chi connectivity index (χ1v) is 8.31. The van der Waals surface area contributed by atoms with Gasteiger partial charge in [0.05, 0.1) is 0 Å². The molecule has 1 saturated heterocycles. The van der Waals surface area contributed by atoms with Gasteiger partial charge in [-0.05, 0) is 54.6 Å². The van der Waals surface area contributed by atoms with Crippen LogP contribution in [0.15, 0.2) is 33.7 Å². The Balaban J connectivity index is 1.52. The van der Waals surface area contributed by atoms with Crippen molar-refractivity contribution in [3.63, 3.8) is 0 Å². The van der Waals surface area contributed by atoms with Gasteiger partial charge >= 0.3 is 5.63 Å². The van der Waals surface area contributed by atoms with Crippen molar-refractivity contribution in [2.45, 2.75) is 32.2 Å². The molecule has 0 aliphatic carbocycles. The second-order valence-corrected chi connectivity index (χ2v) is 6.40. The van der Waals surface area contributed by atoms with Gasteiger partial charge in [0.15, 0.2) is 11.6 Å². The molecular formula is C17H20F2N3O3+. The number of carbonyl (C=O) groups is 1. The third kappa shape index (κ3) is 4.52. The summed E-state index contributed by atoms with van der Waals surface area (Å²) < 4.78 is 32.1. The minimum absolute atomic E-state index is 0.0294. The summed E-state index contributed by atoms with van der Waals surface area (Å²) in [6, 6.07) is 3.97. The van der Waals surface area contributed by atoms with Crippen molar-refractivity contribution < 1.29 is 22.8 Å². The fourth-order valence-electron chi connectivity index (χ4n) is 3.20. The molecule has 25 heavy (non-hydrogen) atoms. The fraction of sp³-hybridized carbons (Fsp3) is 0.471. The van der Waals surface area contributed by atoms with E-state index < -0.39 is 17.3 Å². The van der Waals surface area contributed by atoms with Gasteiger partial charge in [0.1, 0.15) is 0 Å². The number of aryl methyl sites for hydroxylation is 1. The van der Waals surface area contributed by atoms with Gasteiger partial charge in [-0.15, -0.1) is 0 Å². The Kier molecular flexibility index (Phi) is 5.25. The van der Waals surface area contributed by atoms with E-state index in [9.17, 15) is 18.4 Å². The van der Waals surface area contributed by atoms with Gasteiger partial charge in [-0.1, -0.05) is 10.7 Å². The molecule has 1 aromatic heterocycles. The standard InChI is InChI=1S/C17H19F2N3O3/c18-14-6-5-12(8-15(14)19)3-4-13-2-1-7-21(9-13)16(23)10-22-11-17(24)25-20-22/h5-6,8,11,13H,1-4,7,9-10H2/p+1/t13-/m1/s1. The number of benzene rings is 1. The normalized spacial score (nSPS) is 17.7. The van der Waals surface area contributed by atoms with Crippen LogP contribution in [-0.2, 0) is 17.8 Å². The summed E-state index contributed by atoms with van der Waals surface area (Å²) in [4.78, 5) is 25.1. The fourth-order valence-corrected chi connectivity index (χ4v) is 3.20. The SMILES string of the molecule is O=C(C[n+]1cc(=O)o[nH]1)N1CCC[C@H](CCc2ccc(F)c(F)c2)C1. The second-order valence-electron chi connectivity index (χ2n) is 6.40. The van der Waals surface area contributed by atoms with Gasteiger partial charge in [-0.2, -0.15) is 0 Å². The zero-order valence-corrected chi connectivity index (χ0v) is 13.7. The molecule has 134 valence electrons. The highest BCUT2D eigenvalue weighted by molar-refractivity contribution is 5.74. The maximum atomic E-state index is 13.3. The predicted octanol–water partition coefficient (Wildman–Crippen LogP) is 1.41. The van der Waals surface area contributed by atoms with Crippen molar-refractivity contribution >= 4 is 5.91 Å². The number of halogens is 2. The van der Waals surface area contributed by atoms with Crippen LogP contribution in [0.5, 0.6) is 0 Å². The highest BCUT2D eigenvalue weighted by atomic mass is 19.2.